The van der Waals surface area contributed by atoms with E-state index >= 15 is 0 Å². The first-order valence-electron chi connectivity index (χ1n) is 6.51. The molecule has 2 aromatic rings. The number of rotatable bonds is 3. The van der Waals surface area contributed by atoms with Gasteiger partial charge in [0, 0.05) is 16.9 Å². The van der Waals surface area contributed by atoms with Crippen molar-refractivity contribution in [2.45, 2.75) is 20.8 Å². The highest BCUT2D eigenvalue weighted by Crippen LogP contribution is 2.12. The minimum Gasteiger partial charge on any atom is -0.325 e. The summed E-state index contributed by atoms with van der Waals surface area (Å²) in [5, 5.41) is 2.66. The number of anilines is 1. The molecule has 0 atom stereocenters. The maximum absolute atomic E-state index is 12.2. The summed E-state index contributed by atoms with van der Waals surface area (Å²) < 4.78 is 0. The number of hydrogen-bond acceptors (Lipinski definition) is 3. The maximum Gasteiger partial charge on any atom is 0.261 e. The number of aryl methyl sites for hydroxylation is 2. The Bertz CT molecular complexity index is 775. The number of amides is 1. The van der Waals surface area contributed by atoms with Crippen LogP contribution in [-0.4, -0.2) is 16.7 Å². The van der Waals surface area contributed by atoms with Crippen molar-refractivity contribution >= 4 is 17.4 Å². The van der Waals surface area contributed by atoms with E-state index in [1.54, 1.807) is 19.1 Å². The molecule has 108 valence electrons. The van der Waals surface area contributed by atoms with Crippen LogP contribution >= 0.6 is 0 Å². The standard InChI is InChI=1S/C16H16N2O3/c1-9-5-4-6-12(7-9)18-16(21)14-8-13(11(3)19)10(2)17-15(14)20/h4-8H,1-3H3,(H,17,20)(H,18,21). The van der Waals surface area contributed by atoms with Gasteiger partial charge in [0.25, 0.3) is 11.5 Å². The first kappa shape index (κ1) is 14.7. The number of ketones is 1. The molecule has 5 heteroatoms. The van der Waals surface area contributed by atoms with Crippen molar-refractivity contribution in [1.82, 2.24) is 4.98 Å². The summed E-state index contributed by atoms with van der Waals surface area (Å²) in [5.41, 5.74) is 1.80. The van der Waals surface area contributed by atoms with Crippen LogP contribution < -0.4 is 10.9 Å². The van der Waals surface area contributed by atoms with Crippen LogP contribution in [0.25, 0.3) is 0 Å². The molecule has 0 aliphatic carbocycles. The summed E-state index contributed by atoms with van der Waals surface area (Å²) in [6.45, 7) is 4.92. The monoisotopic (exact) mass is 284 g/mol. The quantitative estimate of drug-likeness (QED) is 0.850. The van der Waals surface area contributed by atoms with E-state index in [0.717, 1.165) is 5.56 Å². The fraction of sp³-hybridized carbons (Fsp3) is 0.188. The van der Waals surface area contributed by atoms with E-state index < -0.39 is 11.5 Å². The Morgan fingerprint density at radius 2 is 1.81 bits per heavy atom. The number of carbonyl (C=O) groups excluding carboxylic acids is 2. The third-order valence-corrected chi connectivity index (χ3v) is 3.14. The number of Topliss-reactive ketones (excluding diaryl/α,β-unsaturated/α-hetero) is 1. The molecular formula is C16H16N2O3. The smallest absolute Gasteiger partial charge is 0.261 e. The van der Waals surface area contributed by atoms with Gasteiger partial charge in [0.2, 0.25) is 0 Å². The Kier molecular flexibility index (Phi) is 4.03. The molecule has 5 nitrogen and oxygen atoms in total. The lowest BCUT2D eigenvalue weighted by Gasteiger charge is -2.08. The van der Waals surface area contributed by atoms with Gasteiger partial charge < -0.3 is 10.3 Å². The van der Waals surface area contributed by atoms with E-state index in [1.165, 1.54) is 13.0 Å². The average Bonchev–Trinajstić information content (AvgIpc) is 2.37. The topological polar surface area (TPSA) is 79.0 Å². The van der Waals surface area contributed by atoms with Crippen LogP contribution in [-0.2, 0) is 0 Å². The molecule has 2 rings (SSSR count). The number of nitrogens with one attached hydrogen (secondary N) is 2. The molecule has 0 unspecified atom stereocenters. The van der Waals surface area contributed by atoms with Gasteiger partial charge in [-0.3, -0.25) is 14.4 Å². The Hall–Kier alpha value is -2.69. The second-order valence-electron chi connectivity index (χ2n) is 4.93. The maximum atomic E-state index is 12.2. The van der Waals surface area contributed by atoms with Crippen molar-refractivity contribution in [3.8, 4) is 0 Å². The second-order valence-corrected chi connectivity index (χ2v) is 4.93. The van der Waals surface area contributed by atoms with Crippen molar-refractivity contribution in [3.05, 3.63) is 63.1 Å². The highest BCUT2D eigenvalue weighted by molar-refractivity contribution is 6.06. The minimum absolute atomic E-state index is 0.0766. The Morgan fingerprint density at radius 1 is 1.10 bits per heavy atom. The predicted molar refractivity (Wildman–Crippen MR) is 80.9 cm³/mol. The number of benzene rings is 1. The molecule has 2 N–H and O–H groups in total. The first-order chi connectivity index (χ1) is 9.88. The van der Waals surface area contributed by atoms with Crippen molar-refractivity contribution in [3.63, 3.8) is 0 Å². The molecule has 0 aliphatic heterocycles. The van der Waals surface area contributed by atoms with Crippen molar-refractivity contribution in [2.24, 2.45) is 0 Å². The van der Waals surface area contributed by atoms with Gasteiger partial charge in [-0.1, -0.05) is 12.1 Å². The number of hydrogen-bond donors (Lipinski definition) is 2. The first-order valence-corrected chi connectivity index (χ1v) is 6.51. The van der Waals surface area contributed by atoms with Crippen LogP contribution in [0, 0.1) is 13.8 Å². The molecule has 0 spiro atoms. The van der Waals surface area contributed by atoms with Crippen molar-refractivity contribution in [1.29, 1.82) is 0 Å². The van der Waals surface area contributed by atoms with Crippen LogP contribution in [0.3, 0.4) is 0 Å². The third kappa shape index (κ3) is 3.25. The molecule has 1 aromatic heterocycles. The number of carbonyl (C=O) groups is 2. The largest absolute Gasteiger partial charge is 0.325 e. The van der Waals surface area contributed by atoms with E-state index in [1.807, 2.05) is 19.1 Å². The second kappa shape index (κ2) is 5.75. The Balaban J connectivity index is 2.37. The fourth-order valence-electron chi connectivity index (χ4n) is 2.08. The van der Waals surface area contributed by atoms with Gasteiger partial charge >= 0.3 is 0 Å². The molecule has 0 saturated heterocycles. The van der Waals surface area contributed by atoms with E-state index in [0.29, 0.717) is 16.9 Å². The predicted octanol–water partition coefficient (Wildman–Crippen LogP) is 2.45. The van der Waals surface area contributed by atoms with Gasteiger partial charge in [-0.05, 0) is 44.5 Å². The molecule has 0 aliphatic rings. The molecule has 1 heterocycles. The summed E-state index contributed by atoms with van der Waals surface area (Å²) in [4.78, 5) is 38.1. The summed E-state index contributed by atoms with van der Waals surface area (Å²) in [7, 11) is 0. The highest BCUT2D eigenvalue weighted by atomic mass is 16.2. The fourth-order valence-corrected chi connectivity index (χ4v) is 2.08. The van der Waals surface area contributed by atoms with Crippen LogP contribution in [0.2, 0.25) is 0 Å². The highest BCUT2D eigenvalue weighted by Gasteiger charge is 2.15. The van der Waals surface area contributed by atoms with E-state index in [4.69, 9.17) is 0 Å². The van der Waals surface area contributed by atoms with Crippen LogP contribution in [0.4, 0.5) is 5.69 Å². The molecule has 1 amide bonds. The number of aromatic nitrogens is 1. The van der Waals surface area contributed by atoms with Gasteiger partial charge in [-0.15, -0.1) is 0 Å². The summed E-state index contributed by atoms with van der Waals surface area (Å²) in [5.74, 6) is -0.738. The zero-order valence-corrected chi connectivity index (χ0v) is 12.1. The van der Waals surface area contributed by atoms with Crippen molar-refractivity contribution in [2.75, 3.05) is 5.32 Å². The summed E-state index contributed by atoms with van der Waals surface area (Å²) >= 11 is 0. The lowest BCUT2D eigenvalue weighted by molar-refractivity contribution is 0.101. The molecule has 0 saturated carbocycles. The zero-order valence-electron chi connectivity index (χ0n) is 12.1. The lowest BCUT2D eigenvalue weighted by atomic mass is 10.1. The third-order valence-electron chi connectivity index (χ3n) is 3.14. The number of pyridine rings is 1. The van der Waals surface area contributed by atoms with Gasteiger partial charge in [-0.2, -0.15) is 0 Å². The summed E-state index contributed by atoms with van der Waals surface area (Å²) in [6.07, 6.45) is 0. The van der Waals surface area contributed by atoms with Crippen LogP contribution in [0.5, 0.6) is 0 Å². The lowest BCUT2D eigenvalue weighted by Crippen LogP contribution is -2.25. The molecular weight excluding hydrogens is 268 g/mol. The Morgan fingerprint density at radius 3 is 2.43 bits per heavy atom. The normalized spacial score (nSPS) is 10.2. The van der Waals surface area contributed by atoms with E-state index in [-0.39, 0.29) is 11.3 Å². The molecule has 21 heavy (non-hydrogen) atoms. The van der Waals surface area contributed by atoms with E-state index in [9.17, 15) is 14.4 Å². The molecule has 0 radical (unpaired) electrons. The van der Waals surface area contributed by atoms with Gasteiger partial charge in [-0.25, -0.2) is 0 Å². The average molecular weight is 284 g/mol. The summed E-state index contributed by atoms with van der Waals surface area (Å²) in [6, 6.07) is 8.58. The van der Waals surface area contributed by atoms with Crippen LogP contribution in [0.1, 0.15) is 38.9 Å². The molecule has 1 aromatic carbocycles. The minimum atomic E-state index is -0.538. The Labute approximate surface area is 122 Å². The van der Waals surface area contributed by atoms with E-state index in [2.05, 4.69) is 10.3 Å². The molecule has 0 fully saturated rings. The zero-order chi connectivity index (χ0) is 15.6. The van der Waals surface area contributed by atoms with Crippen LogP contribution in [0.15, 0.2) is 35.1 Å². The molecule has 0 bridgehead atoms. The van der Waals surface area contributed by atoms with Gasteiger partial charge in [0.1, 0.15) is 5.56 Å². The van der Waals surface area contributed by atoms with Gasteiger partial charge in [0.15, 0.2) is 5.78 Å². The number of H-pyrrole nitrogens is 1. The number of aromatic amines is 1. The van der Waals surface area contributed by atoms with Crippen molar-refractivity contribution < 1.29 is 9.59 Å². The van der Waals surface area contributed by atoms with Gasteiger partial charge in [0.05, 0.1) is 0 Å². The SMILES string of the molecule is CC(=O)c1cc(C(=O)Nc2cccc(C)c2)c(=O)[nH]c1C.